The molecule has 0 radical (unpaired) electrons. The molecule has 0 aliphatic carbocycles. The van der Waals surface area contributed by atoms with E-state index in [2.05, 4.69) is 53.1 Å². The van der Waals surface area contributed by atoms with Gasteiger partial charge in [0.2, 0.25) is 0 Å². The van der Waals surface area contributed by atoms with E-state index in [0.717, 1.165) is 22.3 Å². The van der Waals surface area contributed by atoms with Gasteiger partial charge in [-0.05, 0) is 66.1 Å². The topological polar surface area (TPSA) is 90.1 Å². The molecule has 222 valence electrons. The van der Waals surface area contributed by atoms with Gasteiger partial charge in [-0.25, -0.2) is 9.79 Å². The van der Waals surface area contributed by atoms with E-state index < -0.39 is 12.0 Å². The highest BCUT2D eigenvalue weighted by atomic mass is 32.1. The first-order valence-electron chi connectivity index (χ1n) is 14.1. The maximum Gasteiger partial charge on any atom is 0.338 e. The SMILES string of the molecule is C=CCOc1ccc([C@H]2C(C(=O)OCC)=C(C)N=c3s/c(=C/c4cc(C(C)(C)C)c(O)c(C(C)(C)C)c4)c(=O)n32)cc1. The first kappa shape index (κ1) is 31.0. The van der Waals surface area contributed by atoms with E-state index in [0.29, 0.717) is 33.0 Å². The van der Waals surface area contributed by atoms with Crippen molar-refractivity contribution in [1.29, 1.82) is 0 Å². The molecular weight excluding hydrogens is 548 g/mol. The number of hydrogen-bond donors (Lipinski definition) is 1. The molecule has 1 aliphatic rings. The number of benzene rings is 2. The summed E-state index contributed by atoms with van der Waals surface area (Å²) in [6, 6.07) is 10.5. The Labute approximate surface area is 251 Å². The summed E-state index contributed by atoms with van der Waals surface area (Å²) in [7, 11) is 0. The summed E-state index contributed by atoms with van der Waals surface area (Å²) < 4.78 is 13.1. The molecule has 2 heterocycles. The second-order valence-corrected chi connectivity index (χ2v) is 13.4. The zero-order valence-electron chi connectivity index (χ0n) is 25.7. The van der Waals surface area contributed by atoms with Gasteiger partial charge in [0.05, 0.1) is 28.5 Å². The zero-order valence-corrected chi connectivity index (χ0v) is 26.5. The minimum Gasteiger partial charge on any atom is -0.507 e. The Hall–Kier alpha value is -3.91. The Balaban J connectivity index is 1.95. The average Bonchev–Trinajstić information content (AvgIpc) is 3.20. The molecule has 1 aromatic heterocycles. The lowest BCUT2D eigenvalue weighted by Crippen LogP contribution is -2.39. The van der Waals surface area contributed by atoms with Gasteiger partial charge in [-0.1, -0.05) is 77.7 Å². The van der Waals surface area contributed by atoms with Crippen LogP contribution in [0.15, 0.2) is 70.1 Å². The van der Waals surface area contributed by atoms with Gasteiger partial charge < -0.3 is 14.6 Å². The fraction of sp³-hybridized carbons (Fsp3) is 0.382. The number of aromatic nitrogens is 1. The van der Waals surface area contributed by atoms with Gasteiger partial charge in [-0.2, -0.15) is 0 Å². The number of phenols is 1. The number of esters is 1. The maximum absolute atomic E-state index is 14.1. The molecule has 0 spiro atoms. The first-order valence-corrected chi connectivity index (χ1v) is 14.9. The van der Waals surface area contributed by atoms with E-state index in [1.165, 1.54) is 11.3 Å². The Morgan fingerprint density at radius 2 is 1.69 bits per heavy atom. The number of hydrogen-bond acceptors (Lipinski definition) is 7. The molecule has 8 heteroatoms. The van der Waals surface area contributed by atoms with Crippen LogP contribution in [0.5, 0.6) is 11.5 Å². The third-order valence-electron chi connectivity index (χ3n) is 7.13. The highest BCUT2D eigenvalue weighted by Crippen LogP contribution is 2.40. The molecular formula is C34H40N2O5S. The van der Waals surface area contributed by atoms with Crippen LogP contribution in [0.4, 0.5) is 0 Å². The number of thiazole rings is 1. The summed E-state index contributed by atoms with van der Waals surface area (Å²) in [5, 5.41) is 11.2. The number of rotatable bonds is 7. The van der Waals surface area contributed by atoms with Crippen LogP contribution < -0.4 is 19.6 Å². The number of phenolic OH excluding ortho intramolecular Hbond substituents is 1. The summed E-state index contributed by atoms with van der Waals surface area (Å²) >= 11 is 1.27. The third-order valence-corrected chi connectivity index (χ3v) is 8.11. The van der Waals surface area contributed by atoms with Crippen LogP contribution >= 0.6 is 11.3 Å². The molecule has 0 amide bonds. The van der Waals surface area contributed by atoms with Gasteiger partial charge in [0, 0.05) is 11.1 Å². The van der Waals surface area contributed by atoms with E-state index in [1.54, 1.807) is 24.5 Å². The van der Waals surface area contributed by atoms with Crippen molar-refractivity contribution in [2.24, 2.45) is 4.99 Å². The van der Waals surface area contributed by atoms with Crippen LogP contribution in [0, 0.1) is 0 Å². The second kappa shape index (κ2) is 11.8. The lowest BCUT2D eigenvalue weighted by Gasteiger charge is -2.27. The monoisotopic (exact) mass is 588 g/mol. The highest BCUT2D eigenvalue weighted by Gasteiger charge is 2.33. The minimum atomic E-state index is -0.717. The molecule has 1 N–H and O–H groups in total. The zero-order chi connectivity index (χ0) is 31.0. The second-order valence-electron chi connectivity index (χ2n) is 12.4. The number of fused-ring (bicyclic) bond motifs is 1. The van der Waals surface area contributed by atoms with Crippen LogP contribution in [-0.2, 0) is 20.4 Å². The molecule has 3 aromatic rings. The van der Waals surface area contributed by atoms with E-state index in [1.807, 2.05) is 42.5 Å². The number of nitrogens with zero attached hydrogens (tertiary/aromatic N) is 2. The van der Waals surface area contributed by atoms with Crippen molar-refractivity contribution in [3.8, 4) is 11.5 Å². The van der Waals surface area contributed by atoms with E-state index in [9.17, 15) is 14.7 Å². The number of carbonyl (C=O) groups is 1. The molecule has 0 bridgehead atoms. The van der Waals surface area contributed by atoms with Crippen LogP contribution in [0.1, 0.15) is 83.7 Å². The van der Waals surface area contributed by atoms with Crippen LogP contribution in [0.3, 0.4) is 0 Å². The van der Waals surface area contributed by atoms with E-state index in [-0.39, 0.29) is 28.7 Å². The summed E-state index contributed by atoms with van der Waals surface area (Å²) in [6.07, 6.45) is 3.51. The van der Waals surface area contributed by atoms with Crippen molar-refractivity contribution in [3.05, 3.63) is 102 Å². The van der Waals surface area contributed by atoms with Crippen molar-refractivity contribution in [3.63, 3.8) is 0 Å². The summed E-state index contributed by atoms with van der Waals surface area (Å²) in [4.78, 5) is 32.5. The van der Waals surface area contributed by atoms with E-state index >= 15 is 0 Å². The number of ether oxygens (including phenoxy) is 2. The first-order chi connectivity index (χ1) is 19.7. The number of allylic oxidation sites excluding steroid dienone is 1. The largest absolute Gasteiger partial charge is 0.507 e. The molecule has 1 aliphatic heterocycles. The lowest BCUT2D eigenvalue weighted by molar-refractivity contribution is -0.139. The molecule has 42 heavy (non-hydrogen) atoms. The number of aromatic hydroxyl groups is 1. The molecule has 1 atom stereocenters. The fourth-order valence-electron chi connectivity index (χ4n) is 5.04. The Kier molecular flexibility index (Phi) is 8.69. The quantitative estimate of drug-likeness (QED) is 0.284. The predicted molar refractivity (Wildman–Crippen MR) is 168 cm³/mol. The maximum atomic E-state index is 14.1. The smallest absolute Gasteiger partial charge is 0.338 e. The van der Waals surface area contributed by atoms with Gasteiger partial charge >= 0.3 is 5.97 Å². The van der Waals surface area contributed by atoms with Crippen molar-refractivity contribution in [1.82, 2.24) is 4.57 Å². The molecule has 0 fully saturated rings. The third kappa shape index (κ3) is 6.14. The Morgan fingerprint density at radius 3 is 2.21 bits per heavy atom. The molecule has 2 aromatic carbocycles. The fourth-order valence-corrected chi connectivity index (χ4v) is 6.09. The molecule has 7 nitrogen and oxygen atoms in total. The van der Waals surface area contributed by atoms with Gasteiger partial charge in [-0.15, -0.1) is 0 Å². The molecule has 0 saturated heterocycles. The van der Waals surface area contributed by atoms with Crippen LogP contribution in [-0.4, -0.2) is 28.9 Å². The minimum absolute atomic E-state index is 0.203. The molecule has 4 rings (SSSR count). The summed E-state index contributed by atoms with van der Waals surface area (Å²) in [5.74, 6) is 0.429. The normalized spacial score (nSPS) is 15.7. The highest BCUT2D eigenvalue weighted by molar-refractivity contribution is 7.07. The van der Waals surface area contributed by atoms with Gasteiger partial charge in [0.25, 0.3) is 5.56 Å². The van der Waals surface area contributed by atoms with Crippen molar-refractivity contribution in [2.75, 3.05) is 13.2 Å². The van der Waals surface area contributed by atoms with Crippen LogP contribution in [0.25, 0.3) is 6.08 Å². The standard InChI is InChI=1S/C34H40N2O5S/c1-10-16-41-23-14-12-22(13-15-23)28-27(31(39)40-11-2)20(3)35-32-36(28)30(38)26(42-32)19-21-17-24(33(4,5)6)29(37)25(18-21)34(7,8)9/h10,12-15,17-19,28,37H,1,11,16H2,2-9H3/b26-19+/t28-/m0/s1. The van der Waals surface area contributed by atoms with Crippen LogP contribution in [0.2, 0.25) is 0 Å². The Morgan fingerprint density at radius 1 is 1.10 bits per heavy atom. The van der Waals surface area contributed by atoms with Gasteiger partial charge in [-0.3, -0.25) is 9.36 Å². The van der Waals surface area contributed by atoms with E-state index in [4.69, 9.17) is 9.47 Å². The Bertz CT molecular complexity index is 1690. The van der Waals surface area contributed by atoms with Gasteiger partial charge in [0.1, 0.15) is 18.1 Å². The molecule has 0 unspecified atom stereocenters. The number of carbonyl (C=O) groups excluding carboxylic acids is 1. The summed E-state index contributed by atoms with van der Waals surface area (Å²) in [5.41, 5.74) is 3.13. The average molecular weight is 589 g/mol. The van der Waals surface area contributed by atoms with Crippen molar-refractivity contribution >= 4 is 23.4 Å². The predicted octanol–water partition coefficient (Wildman–Crippen LogP) is 5.66. The van der Waals surface area contributed by atoms with Gasteiger partial charge in [0.15, 0.2) is 4.80 Å². The lowest BCUT2D eigenvalue weighted by atomic mass is 9.78. The van der Waals surface area contributed by atoms with Crippen molar-refractivity contribution < 1.29 is 19.4 Å². The molecule has 0 saturated carbocycles. The summed E-state index contributed by atoms with van der Waals surface area (Å²) in [6.45, 7) is 20.1. The van der Waals surface area contributed by atoms with Crippen molar-refractivity contribution in [2.45, 2.75) is 72.3 Å².